The van der Waals surface area contributed by atoms with E-state index < -0.39 is 5.91 Å². The van der Waals surface area contributed by atoms with Gasteiger partial charge in [-0.2, -0.15) is 0 Å². The Bertz CT molecular complexity index is 984. The maximum Gasteiger partial charge on any atom is 0.273 e. The summed E-state index contributed by atoms with van der Waals surface area (Å²) >= 11 is 5.20. The predicted octanol–water partition coefficient (Wildman–Crippen LogP) is 4.30. The smallest absolute Gasteiger partial charge is 0.273 e. The van der Waals surface area contributed by atoms with Gasteiger partial charge in [-0.05, 0) is 58.7 Å². The number of thiocarbonyl (C=S) groups is 1. The van der Waals surface area contributed by atoms with E-state index >= 15 is 0 Å². The Labute approximate surface area is 163 Å². The van der Waals surface area contributed by atoms with Gasteiger partial charge in [0.1, 0.15) is 5.75 Å². The topological polar surface area (TPSA) is 73.4 Å². The number of fused-ring (bicyclic) bond motifs is 1. The van der Waals surface area contributed by atoms with E-state index in [1.807, 2.05) is 48.5 Å². The van der Waals surface area contributed by atoms with Crippen LogP contribution in [0.4, 0.5) is 5.69 Å². The molecule has 0 aliphatic carbocycles. The number of phenolic OH excluding ortho intramolecular Hbond substituents is 1. The van der Waals surface area contributed by atoms with Crippen LogP contribution >= 0.6 is 12.2 Å². The van der Waals surface area contributed by atoms with Crippen LogP contribution in [-0.2, 0) is 0 Å². The maximum absolute atomic E-state index is 12.4. The van der Waals surface area contributed by atoms with Crippen LogP contribution in [0.1, 0.15) is 35.7 Å². The largest absolute Gasteiger partial charge is 0.507 e. The number of rotatable bonds is 3. The second-order valence-corrected chi connectivity index (χ2v) is 6.93. The van der Waals surface area contributed by atoms with Crippen LogP contribution in [0, 0.1) is 0 Å². The molecule has 3 aromatic carbocycles. The number of hydrogen-bond acceptors (Lipinski definition) is 3. The first-order chi connectivity index (χ1) is 12.9. The molecule has 3 aromatic rings. The van der Waals surface area contributed by atoms with Crippen molar-refractivity contribution >= 4 is 39.7 Å². The Kier molecular flexibility index (Phi) is 5.57. The summed E-state index contributed by atoms with van der Waals surface area (Å²) in [7, 11) is 0. The third-order valence-electron chi connectivity index (χ3n) is 4.23. The van der Waals surface area contributed by atoms with Crippen LogP contribution in [0.25, 0.3) is 10.8 Å². The van der Waals surface area contributed by atoms with Gasteiger partial charge in [-0.15, -0.1) is 0 Å². The Morgan fingerprint density at radius 3 is 2.22 bits per heavy atom. The highest BCUT2D eigenvalue weighted by atomic mass is 32.1. The zero-order chi connectivity index (χ0) is 19.4. The summed E-state index contributed by atoms with van der Waals surface area (Å²) in [6, 6.07) is 18.6. The second-order valence-electron chi connectivity index (χ2n) is 6.53. The lowest BCUT2D eigenvalue weighted by Gasteiger charge is -2.13. The molecule has 4 N–H and O–H groups in total. The first-order valence-corrected chi connectivity index (χ1v) is 9.04. The van der Waals surface area contributed by atoms with E-state index in [0.717, 1.165) is 16.5 Å². The number of amides is 1. The fourth-order valence-electron chi connectivity index (χ4n) is 2.70. The minimum atomic E-state index is -0.474. The molecule has 27 heavy (non-hydrogen) atoms. The van der Waals surface area contributed by atoms with Gasteiger partial charge in [0.25, 0.3) is 5.91 Å². The SMILES string of the molecule is CC(C)c1ccc(NC(=S)NNC(=O)c2cc3ccccc3cc2O)cc1. The molecule has 0 atom stereocenters. The average molecular weight is 379 g/mol. The van der Waals surface area contributed by atoms with Crippen molar-refractivity contribution in [3.8, 4) is 5.75 Å². The molecule has 0 aromatic heterocycles. The van der Waals surface area contributed by atoms with Crippen LogP contribution in [0.5, 0.6) is 5.75 Å². The summed E-state index contributed by atoms with van der Waals surface area (Å²) in [5.74, 6) is -0.105. The van der Waals surface area contributed by atoms with Gasteiger partial charge >= 0.3 is 0 Å². The molecule has 138 valence electrons. The molecular weight excluding hydrogens is 358 g/mol. The molecule has 5 nitrogen and oxygen atoms in total. The summed E-state index contributed by atoms with van der Waals surface area (Å²) in [4.78, 5) is 12.4. The lowest BCUT2D eigenvalue weighted by Crippen LogP contribution is -2.43. The van der Waals surface area contributed by atoms with Gasteiger partial charge in [0.15, 0.2) is 5.11 Å². The number of phenols is 1. The van der Waals surface area contributed by atoms with Gasteiger partial charge in [-0.3, -0.25) is 15.6 Å². The number of carbonyl (C=O) groups excluding carboxylic acids is 1. The first kappa shape index (κ1) is 18.7. The number of benzene rings is 3. The molecule has 0 fully saturated rings. The Morgan fingerprint density at radius 2 is 1.59 bits per heavy atom. The summed E-state index contributed by atoms with van der Waals surface area (Å²) in [6.07, 6.45) is 0. The van der Waals surface area contributed by atoms with E-state index in [1.54, 1.807) is 12.1 Å². The zero-order valence-corrected chi connectivity index (χ0v) is 15.9. The highest BCUT2D eigenvalue weighted by Crippen LogP contribution is 2.24. The molecule has 0 unspecified atom stereocenters. The zero-order valence-electron chi connectivity index (χ0n) is 15.1. The van der Waals surface area contributed by atoms with E-state index in [1.165, 1.54) is 5.56 Å². The van der Waals surface area contributed by atoms with Gasteiger partial charge in [0.05, 0.1) is 5.56 Å². The Balaban J connectivity index is 1.61. The van der Waals surface area contributed by atoms with E-state index in [-0.39, 0.29) is 16.4 Å². The highest BCUT2D eigenvalue weighted by molar-refractivity contribution is 7.80. The van der Waals surface area contributed by atoms with E-state index in [9.17, 15) is 9.90 Å². The van der Waals surface area contributed by atoms with Crippen molar-refractivity contribution in [3.63, 3.8) is 0 Å². The molecule has 0 heterocycles. The quantitative estimate of drug-likeness (QED) is 0.403. The van der Waals surface area contributed by atoms with Crippen LogP contribution in [0.15, 0.2) is 60.7 Å². The molecule has 0 radical (unpaired) electrons. The van der Waals surface area contributed by atoms with Gasteiger partial charge in [0, 0.05) is 5.69 Å². The first-order valence-electron chi connectivity index (χ1n) is 8.63. The standard InChI is InChI=1S/C21H21N3O2S/c1-13(2)14-7-9-17(10-8-14)22-21(27)24-23-20(26)18-11-15-5-3-4-6-16(15)12-19(18)25/h3-13,25H,1-2H3,(H,23,26)(H2,22,24,27). The van der Waals surface area contributed by atoms with E-state index in [4.69, 9.17) is 12.2 Å². The van der Waals surface area contributed by atoms with Crippen molar-refractivity contribution < 1.29 is 9.90 Å². The minimum absolute atomic E-state index is 0.0869. The normalized spacial score (nSPS) is 10.6. The van der Waals surface area contributed by atoms with E-state index in [2.05, 4.69) is 30.0 Å². The van der Waals surface area contributed by atoms with Crippen LogP contribution < -0.4 is 16.2 Å². The summed E-state index contributed by atoms with van der Waals surface area (Å²) < 4.78 is 0. The van der Waals surface area contributed by atoms with Crippen LogP contribution in [0.3, 0.4) is 0 Å². The van der Waals surface area contributed by atoms with Gasteiger partial charge in [-0.25, -0.2) is 0 Å². The fraction of sp³-hybridized carbons (Fsp3) is 0.143. The van der Waals surface area contributed by atoms with Crippen LogP contribution in [0.2, 0.25) is 0 Å². The molecule has 0 spiro atoms. The number of hydrogen-bond donors (Lipinski definition) is 4. The lowest BCUT2D eigenvalue weighted by atomic mass is 10.0. The van der Waals surface area contributed by atoms with Crippen molar-refractivity contribution in [1.29, 1.82) is 0 Å². The molecule has 0 saturated carbocycles. The highest BCUT2D eigenvalue weighted by Gasteiger charge is 2.12. The van der Waals surface area contributed by atoms with Crippen molar-refractivity contribution in [2.75, 3.05) is 5.32 Å². The monoisotopic (exact) mass is 379 g/mol. The van der Waals surface area contributed by atoms with Crippen molar-refractivity contribution in [2.24, 2.45) is 0 Å². The van der Waals surface area contributed by atoms with Crippen molar-refractivity contribution in [2.45, 2.75) is 19.8 Å². The molecule has 3 rings (SSSR count). The Hall–Kier alpha value is -3.12. The molecule has 0 aliphatic heterocycles. The minimum Gasteiger partial charge on any atom is -0.507 e. The summed E-state index contributed by atoms with van der Waals surface area (Å²) in [5, 5.41) is 15.1. The predicted molar refractivity (Wildman–Crippen MR) is 113 cm³/mol. The number of hydrazine groups is 1. The van der Waals surface area contributed by atoms with Crippen LogP contribution in [-0.4, -0.2) is 16.1 Å². The summed E-state index contributed by atoms with van der Waals surface area (Å²) in [5.41, 5.74) is 7.38. The average Bonchev–Trinajstić information content (AvgIpc) is 2.66. The second kappa shape index (κ2) is 8.05. The van der Waals surface area contributed by atoms with Gasteiger partial charge in [0.2, 0.25) is 0 Å². The molecule has 6 heteroatoms. The molecule has 0 aliphatic rings. The summed E-state index contributed by atoms with van der Waals surface area (Å²) in [6.45, 7) is 4.26. The number of carbonyl (C=O) groups is 1. The third kappa shape index (κ3) is 4.54. The number of anilines is 1. The Morgan fingerprint density at radius 1 is 0.963 bits per heavy atom. The van der Waals surface area contributed by atoms with Gasteiger partial charge < -0.3 is 10.4 Å². The molecule has 1 amide bonds. The number of aromatic hydroxyl groups is 1. The molecular formula is C21H21N3O2S. The van der Waals surface area contributed by atoms with Crippen molar-refractivity contribution in [1.82, 2.24) is 10.9 Å². The van der Waals surface area contributed by atoms with E-state index in [0.29, 0.717) is 5.92 Å². The van der Waals surface area contributed by atoms with Gasteiger partial charge in [-0.1, -0.05) is 50.2 Å². The lowest BCUT2D eigenvalue weighted by molar-refractivity contribution is 0.0941. The fourth-order valence-corrected chi connectivity index (χ4v) is 2.87. The number of nitrogens with one attached hydrogen (secondary N) is 3. The molecule has 0 bridgehead atoms. The van der Waals surface area contributed by atoms with Crippen molar-refractivity contribution in [3.05, 3.63) is 71.8 Å². The maximum atomic E-state index is 12.4. The third-order valence-corrected chi connectivity index (χ3v) is 4.44. The molecule has 0 saturated heterocycles.